The molecule has 0 atom stereocenters. The highest BCUT2D eigenvalue weighted by Gasteiger charge is 2.31. The fourth-order valence-corrected chi connectivity index (χ4v) is 3.99. The van der Waals surface area contributed by atoms with Gasteiger partial charge in [-0.15, -0.1) is 0 Å². The summed E-state index contributed by atoms with van der Waals surface area (Å²) in [5.41, 5.74) is 2.53. The maximum atomic E-state index is 12.8. The first-order valence-corrected chi connectivity index (χ1v) is 12.0. The van der Waals surface area contributed by atoms with E-state index in [1.165, 1.54) is 13.8 Å². The lowest BCUT2D eigenvalue weighted by Crippen LogP contribution is -2.38. The van der Waals surface area contributed by atoms with E-state index in [0.29, 0.717) is 29.4 Å². The second-order valence-electron chi connectivity index (χ2n) is 9.36. The largest absolute Gasteiger partial charge is 0.494 e. The zero-order valence-corrected chi connectivity index (χ0v) is 21.6. The molecule has 0 unspecified atom stereocenters. The maximum absolute atomic E-state index is 12.8. The van der Waals surface area contributed by atoms with Crippen LogP contribution >= 0.6 is 0 Å². The zero-order valence-electron chi connectivity index (χ0n) is 21.6. The Hall–Kier alpha value is -4.26. The van der Waals surface area contributed by atoms with Crippen LogP contribution in [0.1, 0.15) is 53.4 Å². The average molecular weight is 503 g/mol. The number of carboxylic acid groups (broad SMARTS) is 1. The Kier molecular flexibility index (Phi) is 7.25. The van der Waals surface area contributed by atoms with Crippen LogP contribution in [0.15, 0.2) is 60.4 Å². The second kappa shape index (κ2) is 10.4. The van der Waals surface area contributed by atoms with Gasteiger partial charge in [0.25, 0.3) is 0 Å². The smallest absolute Gasteiger partial charge is 0.347 e. The summed E-state index contributed by atoms with van der Waals surface area (Å²) < 4.78 is 23.0. The van der Waals surface area contributed by atoms with E-state index in [9.17, 15) is 14.7 Å². The van der Waals surface area contributed by atoms with Crippen molar-refractivity contribution in [1.29, 1.82) is 0 Å². The fraction of sp³-hybridized carbons (Fsp3) is 0.267. The minimum atomic E-state index is -1.34. The van der Waals surface area contributed by atoms with Crippen LogP contribution in [0.3, 0.4) is 0 Å². The molecule has 0 aromatic heterocycles. The van der Waals surface area contributed by atoms with Gasteiger partial charge in [0.05, 0.1) is 12.2 Å². The topological polar surface area (TPSA) is 91.3 Å². The molecule has 0 radical (unpaired) electrons. The standard InChI is InChI=1S/C30H30O7/c1-6-34-22-9-7-20(8-10-22)15-26-27(31)24-12-11-23(16-25(24)36-26)35-17-21-13-18(2)28(19(3)14-21)37-30(4,5)29(32)33/h7-16H,6,17H2,1-5H3,(H,32,33)/b26-15-. The van der Waals surface area contributed by atoms with Gasteiger partial charge in [-0.05, 0) is 99.3 Å². The van der Waals surface area contributed by atoms with Crippen LogP contribution in [0.2, 0.25) is 0 Å². The van der Waals surface area contributed by atoms with Gasteiger partial charge < -0.3 is 24.1 Å². The van der Waals surface area contributed by atoms with E-state index in [1.54, 1.807) is 24.3 Å². The predicted octanol–water partition coefficient (Wildman–Crippen LogP) is 6.14. The van der Waals surface area contributed by atoms with Crippen LogP contribution in [0.25, 0.3) is 6.08 Å². The zero-order chi connectivity index (χ0) is 26.7. The molecule has 1 N–H and O–H groups in total. The van der Waals surface area contributed by atoms with Crippen LogP contribution in [-0.4, -0.2) is 29.1 Å². The third kappa shape index (κ3) is 5.77. The quantitative estimate of drug-likeness (QED) is 0.352. The molecular weight excluding hydrogens is 472 g/mol. The van der Waals surface area contributed by atoms with Gasteiger partial charge in [-0.25, -0.2) is 4.79 Å². The van der Waals surface area contributed by atoms with Gasteiger partial charge in [0.2, 0.25) is 5.78 Å². The number of carboxylic acids is 1. The number of Topliss-reactive ketones (excluding diaryl/α,β-unsaturated/α-hetero) is 1. The number of carbonyl (C=O) groups is 2. The number of aliphatic carboxylic acids is 1. The van der Waals surface area contributed by atoms with Gasteiger partial charge in [-0.3, -0.25) is 4.79 Å². The van der Waals surface area contributed by atoms with Crippen molar-refractivity contribution in [2.75, 3.05) is 6.61 Å². The lowest BCUT2D eigenvalue weighted by molar-refractivity contribution is -0.152. The Morgan fingerprint density at radius 2 is 1.62 bits per heavy atom. The fourth-order valence-electron chi connectivity index (χ4n) is 3.99. The molecule has 1 aliphatic rings. The molecule has 7 heteroatoms. The van der Waals surface area contributed by atoms with Crippen molar-refractivity contribution in [3.05, 3.63) is 88.2 Å². The van der Waals surface area contributed by atoms with Crippen molar-refractivity contribution in [3.8, 4) is 23.0 Å². The SMILES string of the molecule is CCOc1ccc(/C=C2\Oc3cc(OCc4cc(C)c(OC(C)(C)C(=O)O)c(C)c4)ccc3C2=O)cc1. The average Bonchev–Trinajstić information content (AvgIpc) is 3.15. The molecule has 0 amide bonds. The highest BCUT2D eigenvalue weighted by atomic mass is 16.5. The maximum Gasteiger partial charge on any atom is 0.347 e. The van der Waals surface area contributed by atoms with Crippen LogP contribution in [0.4, 0.5) is 0 Å². The first-order chi connectivity index (χ1) is 17.6. The van der Waals surface area contributed by atoms with Gasteiger partial charge in [0, 0.05) is 6.07 Å². The number of rotatable bonds is 9. The molecule has 3 aromatic carbocycles. The minimum absolute atomic E-state index is 0.179. The molecule has 4 rings (SSSR count). The summed E-state index contributed by atoms with van der Waals surface area (Å²) in [6, 6.07) is 16.4. The number of aryl methyl sites for hydroxylation is 2. The summed E-state index contributed by atoms with van der Waals surface area (Å²) in [7, 11) is 0. The van der Waals surface area contributed by atoms with E-state index in [-0.39, 0.29) is 18.1 Å². The number of allylic oxidation sites excluding steroid dienone is 1. The van der Waals surface area contributed by atoms with Gasteiger partial charge in [0.15, 0.2) is 11.4 Å². The Morgan fingerprint density at radius 1 is 0.973 bits per heavy atom. The summed E-state index contributed by atoms with van der Waals surface area (Å²) in [5.74, 6) is 1.37. The minimum Gasteiger partial charge on any atom is -0.494 e. The highest BCUT2D eigenvalue weighted by Crippen LogP contribution is 2.35. The summed E-state index contributed by atoms with van der Waals surface area (Å²) in [6.07, 6.45) is 1.71. The van der Waals surface area contributed by atoms with Crippen molar-refractivity contribution < 1.29 is 33.6 Å². The number of fused-ring (bicyclic) bond motifs is 1. The van der Waals surface area contributed by atoms with E-state index in [1.807, 2.05) is 57.2 Å². The summed E-state index contributed by atoms with van der Waals surface area (Å²) in [4.78, 5) is 24.2. The van der Waals surface area contributed by atoms with Crippen LogP contribution < -0.4 is 18.9 Å². The Morgan fingerprint density at radius 3 is 2.24 bits per heavy atom. The third-order valence-electron chi connectivity index (χ3n) is 5.93. The van der Waals surface area contributed by atoms with Gasteiger partial charge >= 0.3 is 5.97 Å². The number of hydrogen-bond acceptors (Lipinski definition) is 6. The predicted molar refractivity (Wildman–Crippen MR) is 140 cm³/mol. The Balaban J connectivity index is 1.45. The van der Waals surface area contributed by atoms with Gasteiger partial charge in [-0.2, -0.15) is 0 Å². The first-order valence-electron chi connectivity index (χ1n) is 12.0. The number of ketones is 1. The Bertz CT molecular complexity index is 1340. The molecule has 37 heavy (non-hydrogen) atoms. The summed E-state index contributed by atoms with van der Waals surface area (Å²) in [6.45, 7) is 9.58. The van der Waals surface area contributed by atoms with Crippen molar-refractivity contribution in [1.82, 2.24) is 0 Å². The molecule has 1 heterocycles. The van der Waals surface area contributed by atoms with Gasteiger partial charge in [0.1, 0.15) is 29.6 Å². The van der Waals surface area contributed by atoms with E-state index in [4.69, 9.17) is 18.9 Å². The molecule has 0 spiro atoms. The third-order valence-corrected chi connectivity index (χ3v) is 5.93. The highest BCUT2D eigenvalue weighted by molar-refractivity contribution is 6.14. The number of ether oxygens (including phenoxy) is 4. The summed E-state index contributed by atoms with van der Waals surface area (Å²) >= 11 is 0. The molecule has 192 valence electrons. The van der Waals surface area contributed by atoms with Crippen molar-refractivity contribution >= 4 is 17.8 Å². The van der Waals surface area contributed by atoms with E-state index >= 15 is 0 Å². The molecule has 0 bridgehead atoms. The Labute approximate surface area is 216 Å². The molecule has 0 saturated carbocycles. The molecule has 3 aromatic rings. The van der Waals surface area contributed by atoms with Crippen molar-refractivity contribution in [3.63, 3.8) is 0 Å². The lowest BCUT2D eigenvalue weighted by atomic mass is 10.0. The summed E-state index contributed by atoms with van der Waals surface area (Å²) in [5, 5.41) is 9.37. The van der Waals surface area contributed by atoms with E-state index in [2.05, 4.69) is 0 Å². The van der Waals surface area contributed by atoms with Crippen LogP contribution in [0.5, 0.6) is 23.0 Å². The number of hydrogen-bond donors (Lipinski definition) is 1. The van der Waals surface area contributed by atoms with Crippen LogP contribution in [-0.2, 0) is 11.4 Å². The molecule has 0 saturated heterocycles. The molecule has 1 aliphatic heterocycles. The second-order valence-corrected chi connectivity index (χ2v) is 9.36. The van der Waals surface area contributed by atoms with E-state index < -0.39 is 11.6 Å². The molecule has 7 nitrogen and oxygen atoms in total. The monoisotopic (exact) mass is 502 g/mol. The van der Waals surface area contributed by atoms with Crippen LogP contribution in [0, 0.1) is 13.8 Å². The molecule has 0 aliphatic carbocycles. The number of carbonyl (C=O) groups excluding carboxylic acids is 1. The normalized spacial score (nSPS) is 13.8. The molecular formula is C30H30O7. The van der Waals surface area contributed by atoms with Gasteiger partial charge in [-0.1, -0.05) is 12.1 Å². The molecule has 0 fully saturated rings. The first kappa shape index (κ1) is 25.8. The lowest BCUT2D eigenvalue weighted by Gasteiger charge is -2.24. The van der Waals surface area contributed by atoms with Crippen molar-refractivity contribution in [2.45, 2.75) is 46.8 Å². The number of benzene rings is 3. The van der Waals surface area contributed by atoms with Crippen molar-refractivity contribution in [2.24, 2.45) is 0 Å². The van der Waals surface area contributed by atoms with E-state index in [0.717, 1.165) is 28.0 Å².